The molecule has 0 atom stereocenters. The number of hydrogen-bond donors (Lipinski definition) is 0. The molecule has 0 saturated carbocycles. The van der Waals surface area contributed by atoms with Gasteiger partial charge in [-0.25, -0.2) is 0 Å². The van der Waals surface area contributed by atoms with Crippen molar-refractivity contribution in [1.82, 2.24) is 14.4 Å². The molecule has 0 amide bonds. The summed E-state index contributed by atoms with van der Waals surface area (Å²) in [5.74, 6) is 1.31. The highest BCUT2D eigenvalue weighted by molar-refractivity contribution is 6.30. The molecule has 0 bridgehead atoms. The highest BCUT2D eigenvalue weighted by Gasteiger charge is 2.22. The predicted molar refractivity (Wildman–Crippen MR) is 206 cm³/mol. The van der Waals surface area contributed by atoms with Crippen LogP contribution in [0.2, 0.25) is 0 Å². The Bertz CT molecular complexity index is 2740. The van der Waals surface area contributed by atoms with Crippen LogP contribution in [0.4, 0.5) is 0 Å². The largest absolute Gasteiger partial charge is 0.439 e. The molecular formula is C45H39N3O. The third-order valence-electron chi connectivity index (χ3n) is 9.84. The zero-order valence-electron chi connectivity index (χ0n) is 28.9. The number of aromatic nitrogens is 3. The van der Waals surface area contributed by atoms with Gasteiger partial charge in [-0.3, -0.25) is 9.38 Å². The van der Waals surface area contributed by atoms with E-state index in [1.54, 1.807) is 0 Å². The van der Waals surface area contributed by atoms with Gasteiger partial charge in [0.2, 0.25) is 5.88 Å². The zero-order chi connectivity index (χ0) is 33.7. The Morgan fingerprint density at radius 2 is 1.45 bits per heavy atom. The minimum atomic E-state index is 0.0336. The van der Waals surface area contributed by atoms with Crippen molar-refractivity contribution in [2.75, 3.05) is 0 Å². The lowest BCUT2D eigenvalue weighted by Crippen LogP contribution is -2.11. The fraction of sp³-hybridized carbons (Fsp3) is 0.200. The van der Waals surface area contributed by atoms with Gasteiger partial charge in [-0.2, -0.15) is 4.98 Å². The quantitative estimate of drug-likeness (QED) is 0.142. The van der Waals surface area contributed by atoms with Gasteiger partial charge in [0.15, 0.2) is 0 Å². The second-order valence-electron chi connectivity index (χ2n) is 15.8. The van der Waals surface area contributed by atoms with Gasteiger partial charge in [-0.05, 0) is 80.3 Å². The summed E-state index contributed by atoms with van der Waals surface area (Å²) in [6, 6.07) is 39.2. The van der Waals surface area contributed by atoms with Gasteiger partial charge in [-0.15, -0.1) is 0 Å². The zero-order valence-corrected chi connectivity index (χ0v) is 28.9. The summed E-state index contributed by atoms with van der Waals surface area (Å²) in [6.07, 6.45) is 2.87. The van der Waals surface area contributed by atoms with Crippen molar-refractivity contribution < 1.29 is 4.74 Å². The molecule has 0 saturated heterocycles. The molecule has 0 aliphatic heterocycles. The summed E-state index contributed by atoms with van der Waals surface area (Å²) >= 11 is 0. The summed E-state index contributed by atoms with van der Waals surface area (Å²) in [4.78, 5) is 10.0. The fourth-order valence-electron chi connectivity index (χ4n) is 7.72. The van der Waals surface area contributed by atoms with Crippen molar-refractivity contribution in [2.45, 2.75) is 53.4 Å². The fourth-order valence-corrected chi connectivity index (χ4v) is 7.72. The van der Waals surface area contributed by atoms with E-state index in [-0.39, 0.29) is 10.8 Å². The van der Waals surface area contributed by atoms with Crippen molar-refractivity contribution in [3.05, 3.63) is 127 Å². The molecule has 5 aromatic carbocycles. The Labute approximate surface area is 286 Å². The maximum atomic E-state index is 6.68. The molecule has 0 fully saturated rings. The standard InChI is InChI=1S/C45H39N3O/c1-44(2,3)26-27-21-30-24-39(49-32-13-9-12-29(23-32)37-25-31(19-20-46-37)45(4,5)6)47-43-40(30)36(22-27)34-15-10-16-35-41-33-14-8-7-11-28(33)17-18-38(41)48(43)42(34)35/h7-25H,26H2,1-6H3. The molecule has 0 radical (unpaired) electrons. The monoisotopic (exact) mass is 637 g/mol. The number of benzene rings is 5. The third kappa shape index (κ3) is 4.89. The molecule has 9 rings (SSSR count). The van der Waals surface area contributed by atoms with Gasteiger partial charge in [0, 0.05) is 39.4 Å². The van der Waals surface area contributed by atoms with E-state index < -0.39 is 0 Å². The summed E-state index contributed by atoms with van der Waals surface area (Å²) < 4.78 is 9.06. The van der Waals surface area contributed by atoms with Crippen LogP contribution in [0, 0.1) is 5.41 Å². The first-order chi connectivity index (χ1) is 23.5. The Morgan fingerprint density at radius 1 is 0.653 bits per heavy atom. The summed E-state index contributed by atoms with van der Waals surface area (Å²) in [6.45, 7) is 13.6. The molecule has 0 aliphatic rings. The first-order valence-electron chi connectivity index (χ1n) is 17.2. The van der Waals surface area contributed by atoms with E-state index in [0.29, 0.717) is 5.88 Å². The smallest absolute Gasteiger partial charge is 0.221 e. The lowest BCUT2D eigenvalue weighted by atomic mass is 9.86. The number of para-hydroxylation sites is 1. The van der Waals surface area contributed by atoms with E-state index in [1.807, 2.05) is 18.3 Å². The van der Waals surface area contributed by atoms with Crippen LogP contribution in [0.5, 0.6) is 11.6 Å². The molecule has 4 heterocycles. The molecule has 49 heavy (non-hydrogen) atoms. The molecule has 4 heteroatoms. The van der Waals surface area contributed by atoms with Crippen molar-refractivity contribution in [3.63, 3.8) is 0 Å². The second-order valence-corrected chi connectivity index (χ2v) is 15.8. The Morgan fingerprint density at radius 3 is 2.29 bits per heavy atom. The topological polar surface area (TPSA) is 39.4 Å². The molecule has 4 aromatic heterocycles. The SMILES string of the molecule is CC(C)(C)Cc1cc2cc(Oc3cccc(-c4cc(C(C)(C)C)ccn4)c3)nc3c2c(c1)c1cccc2c4c5ccccc5ccc4n3c12. The van der Waals surface area contributed by atoms with Gasteiger partial charge in [0.05, 0.1) is 16.7 Å². The van der Waals surface area contributed by atoms with Crippen LogP contribution in [-0.4, -0.2) is 14.4 Å². The van der Waals surface area contributed by atoms with Gasteiger partial charge in [0.1, 0.15) is 11.4 Å². The van der Waals surface area contributed by atoms with Crippen molar-refractivity contribution in [1.29, 1.82) is 0 Å². The van der Waals surface area contributed by atoms with E-state index in [2.05, 4.69) is 143 Å². The molecule has 9 aromatic rings. The minimum absolute atomic E-state index is 0.0336. The summed E-state index contributed by atoms with van der Waals surface area (Å²) in [7, 11) is 0. The molecule has 0 aliphatic carbocycles. The van der Waals surface area contributed by atoms with E-state index in [0.717, 1.165) is 45.4 Å². The van der Waals surface area contributed by atoms with Gasteiger partial charge in [0.25, 0.3) is 0 Å². The number of ether oxygens (including phenoxy) is 1. The maximum Gasteiger partial charge on any atom is 0.221 e. The number of nitrogens with zero attached hydrogens (tertiary/aromatic N) is 3. The lowest BCUT2D eigenvalue weighted by molar-refractivity contribution is 0.411. The molecule has 0 spiro atoms. The summed E-state index contributed by atoms with van der Waals surface area (Å²) in [5.41, 5.74) is 7.95. The van der Waals surface area contributed by atoms with Crippen LogP contribution in [0.15, 0.2) is 115 Å². The van der Waals surface area contributed by atoms with Crippen molar-refractivity contribution in [3.8, 4) is 22.9 Å². The Balaban J connectivity index is 1.30. The predicted octanol–water partition coefficient (Wildman–Crippen LogP) is 12.3. The molecule has 240 valence electrons. The van der Waals surface area contributed by atoms with Crippen LogP contribution in [0.1, 0.15) is 52.7 Å². The van der Waals surface area contributed by atoms with Gasteiger partial charge in [-0.1, -0.05) is 114 Å². The highest BCUT2D eigenvalue weighted by Crippen LogP contribution is 2.44. The molecule has 0 N–H and O–H groups in total. The lowest BCUT2D eigenvalue weighted by Gasteiger charge is -2.20. The molecular weight excluding hydrogens is 599 g/mol. The van der Waals surface area contributed by atoms with E-state index in [1.165, 1.54) is 49.0 Å². The number of hydrogen-bond acceptors (Lipinski definition) is 3. The van der Waals surface area contributed by atoms with E-state index in [4.69, 9.17) is 14.7 Å². The average Bonchev–Trinajstić information content (AvgIpc) is 3.41. The van der Waals surface area contributed by atoms with Crippen LogP contribution >= 0.6 is 0 Å². The van der Waals surface area contributed by atoms with Gasteiger partial charge < -0.3 is 4.74 Å². The van der Waals surface area contributed by atoms with Crippen LogP contribution < -0.4 is 4.74 Å². The van der Waals surface area contributed by atoms with Crippen molar-refractivity contribution >= 4 is 59.8 Å². The number of fused-ring (bicyclic) bond motifs is 7. The number of rotatable bonds is 4. The third-order valence-corrected chi connectivity index (χ3v) is 9.84. The van der Waals surface area contributed by atoms with E-state index >= 15 is 0 Å². The van der Waals surface area contributed by atoms with Crippen molar-refractivity contribution in [2.24, 2.45) is 5.41 Å². The molecule has 0 unspecified atom stereocenters. The Kier molecular flexibility index (Phi) is 6.36. The maximum absolute atomic E-state index is 6.68. The minimum Gasteiger partial charge on any atom is -0.439 e. The van der Waals surface area contributed by atoms with Crippen LogP contribution in [0.3, 0.4) is 0 Å². The summed E-state index contributed by atoms with van der Waals surface area (Å²) in [5, 5.41) is 9.78. The highest BCUT2D eigenvalue weighted by atomic mass is 16.5. The van der Waals surface area contributed by atoms with Gasteiger partial charge >= 0.3 is 0 Å². The molecule has 4 nitrogen and oxygen atoms in total. The normalized spacial score (nSPS) is 12.8. The average molecular weight is 638 g/mol. The van der Waals surface area contributed by atoms with Crippen LogP contribution in [0.25, 0.3) is 71.0 Å². The number of pyridine rings is 3. The second kappa shape index (κ2) is 10.5. The first kappa shape index (κ1) is 29.6. The Hall–Kier alpha value is -5.48. The van der Waals surface area contributed by atoms with E-state index in [9.17, 15) is 0 Å². The first-order valence-corrected chi connectivity index (χ1v) is 17.2. The van der Waals surface area contributed by atoms with Crippen LogP contribution in [-0.2, 0) is 11.8 Å².